The fraction of sp³-hybridized carbons (Fsp3) is 0.231. The third-order valence-corrected chi connectivity index (χ3v) is 3.55. The van der Waals surface area contributed by atoms with Crippen LogP contribution in [0.25, 0.3) is 0 Å². The minimum Gasteiger partial charge on any atom is -0.481 e. The highest BCUT2D eigenvalue weighted by atomic mass is 32.2. The smallest absolute Gasteiger partial charge is 0.310 e. The standard InChI is InChI=1S/C13H13NO3S/c1-9(12(15)16)11-4-2-10(3-5-11)8-18-13-14-6-7-17-13/h2-7,9H,8H2,1H3,(H,15,16). The minimum absolute atomic E-state index is 0.474. The number of oxazole rings is 1. The summed E-state index contributed by atoms with van der Waals surface area (Å²) in [5, 5.41) is 9.55. The van der Waals surface area contributed by atoms with Crippen molar-refractivity contribution in [2.75, 3.05) is 0 Å². The van der Waals surface area contributed by atoms with Gasteiger partial charge in [-0.25, -0.2) is 4.98 Å². The molecule has 5 heteroatoms. The number of aromatic nitrogens is 1. The molecule has 0 radical (unpaired) electrons. The molecule has 94 valence electrons. The molecule has 0 aliphatic heterocycles. The predicted molar refractivity (Wildman–Crippen MR) is 68.6 cm³/mol. The Kier molecular flexibility index (Phi) is 4.04. The Morgan fingerprint density at radius 1 is 1.44 bits per heavy atom. The SMILES string of the molecule is CC(C(=O)O)c1ccc(CSc2ncco2)cc1. The zero-order valence-electron chi connectivity index (χ0n) is 9.87. The van der Waals surface area contributed by atoms with Gasteiger partial charge in [-0.3, -0.25) is 4.79 Å². The Morgan fingerprint density at radius 2 is 2.17 bits per heavy atom. The van der Waals surface area contributed by atoms with Gasteiger partial charge in [0.2, 0.25) is 0 Å². The lowest BCUT2D eigenvalue weighted by atomic mass is 10.0. The topological polar surface area (TPSA) is 63.3 Å². The van der Waals surface area contributed by atoms with E-state index in [1.165, 1.54) is 11.8 Å². The van der Waals surface area contributed by atoms with Crippen molar-refractivity contribution in [2.45, 2.75) is 23.8 Å². The molecule has 0 bridgehead atoms. The molecule has 1 atom stereocenters. The predicted octanol–water partition coefficient (Wildman–Crippen LogP) is 3.16. The quantitative estimate of drug-likeness (QED) is 0.839. The molecule has 1 aromatic carbocycles. The molecular weight excluding hydrogens is 250 g/mol. The fourth-order valence-corrected chi connectivity index (χ4v) is 2.21. The summed E-state index contributed by atoms with van der Waals surface area (Å²) >= 11 is 1.51. The van der Waals surface area contributed by atoms with Gasteiger partial charge >= 0.3 is 5.97 Å². The molecule has 18 heavy (non-hydrogen) atoms. The summed E-state index contributed by atoms with van der Waals surface area (Å²) < 4.78 is 5.12. The maximum Gasteiger partial charge on any atom is 0.310 e. The van der Waals surface area contributed by atoms with E-state index >= 15 is 0 Å². The number of aliphatic carboxylic acids is 1. The summed E-state index contributed by atoms with van der Waals surface area (Å²) in [6.45, 7) is 1.68. The number of thioether (sulfide) groups is 1. The third kappa shape index (κ3) is 3.13. The molecule has 0 aliphatic carbocycles. The lowest BCUT2D eigenvalue weighted by Crippen LogP contribution is -2.07. The normalized spacial score (nSPS) is 12.3. The van der Waals surface area contributed by atoms with E-state index in [4.69, 9.17) is 9.52 Å². The first-order chi connectivity index (χ1) is 8.66. The second kappa shape index (κ2) is 5.73. The zero-order chi connectivity index (χ0) is 13.0. The van der Waals surface area contributed by atoms with Gasteiger partial charge in [0.05, 0.1) is 12.1 Å². The van der Waals surface area contributed by atoms with Gasteiger partial charge in [-0.1, -0.05) is 36.0 Å². The van der Waals surface area contributed by atoms with Crippen LogP contribution >= 0.6 is 11.8 Å². The van der Waals surface area contributed by atoms with Crippen molar-refractivity contribution in [3.05, 3.63) is 47.9 Å². The van der Waals surface area contributed by atoms with Gasteiger partial charge in [-0.2, -0.15) is 0 Å². The van der Waals surface area contributed by atoms with Crippen LogP contribution in [0.5, 0.6) is 0 Å². The van der Waals surface area contributed by atoms with Gasteiger partial charge in [-0.05, 0) is 18.1 Å². The third-order valence-electron chi connectivity index (χ3n) is 2.62. The Labute approximate surface area is 109 Å². The number of carboxylic acid groups (broad SMARTS) is 1. The number of carboxylic acids is 1. The van der Waals surface area contributed by atoms with Crippen molar-refractivity contribution in [2.24, 2.45) is 0 Å². The summed E-state index contributed by atoms with van der Waals surface area (Å²) in [5.41, 5.74) is 1.92. The monoisotopic (exact) mass is 263 g/mol. The first-order valence-electron chi connectivity index (χ1n) is 5.51. The lowest BCUT2D eigenvalue weighted by Gasteiger charge is -2.07. The van der Waals surface area contributed by atoms with E-state index in [0.29, 0.717) is 5.22 Å². The molecule has 4 nitrogen and oxygen atoms in total. The second-order valence-corrected chi connectivity index (χ2v) is 4.81. The highest BCUT2D eigenvalue weighted by Crippen LogP contribution is 2.22. The summed E-state index contributed by atoms with van der Waals surface area (Å²) in [7, 11) is 0. The maximum absolute atomic E-state index is 10.8. The van der Waals surface area contributed by atoms with Crippen molar-refractivity contribution >= 4 is 17.7 Å². The first kappa shape index (κ1) is 12.7. The first-order valence-corrected chi connectivity index (χ1v) is 6.49. The number of hydrogen-bond acceptors (Lipinski definition) is 4. The fourth-order valence-electron chi connectivity index (χ4n) is 1.47. The zero-order valence-corrected chi connectivity index (χ0v) is 10.7. The molecule has 0 spiro atoms. The van der Waals surface area contributed by atoms with Crippen LogP contribution in [0.4, 0.5) is 0 Å². The molecule has 0 saturated heterocycles. The highest BCUT2D eigenvalue weighted by Gasteiger charge is 2.12. The van der Waals surface area contributed by atoms with E-state index in [1.807, 2.05) is 24.3 Å². The van der Waals surface area contributed by atoms with Crippen LogP contribution in [0.1, 0.15) is 24.0 Å². The van der Waals surface area contributed by atoms with E-state index in [0.717, 1.165) is 16.9 Å². The maximum atomic E-state index is 10.8. The molecule has 1 heterocycles. The van der Waals surface area contributed by atoms with Crippen LogP contribution in [0.15, 0.2) is 46.4 Å². The van der Waals surface area contributed by atoms with E-state index in [1.54, 1.807) is 19.4 Å². The Morgan fingerprint density at radius 3 is 2.72 bits per heavy atom. The van der Waals surface area contributed by atoms with Gasteiger partial charge in [0.1, 0.15) is 6.26 Å². The molecule has 1 unspecified atom stereocenters. The van der Waals surface area contributed by atoms with Gasteiger partial charge < -0.3 is 9.52 Å². The van der Waals surface area contributed by atoms with E-state index in [9.17, 15) is 4.79 Å². The summed E-state index contributed by atoms with van der Waals surface area (Å²) in [5.74, 6) is -0.530. The van der Waals surface area contributed by atoms with Crippen LogP contribution < -0.4 is 0 Å². The molecule has 0 saturated carbocycles. The van der Waals surface area contributed by atoms with Crippen LogP contribution in [-0.4, -0.2) is 16.1 Å². The Balaban J connectivity index is 1.97. The average Bonchev–Trinajstić information content (AvgIpc) is 2.89. The highest BCUT2D eigenvalue weighted by molar-refractivity contribution is 7.98. The Bertz CT molecular complexity index is 508. The van der Waals surface area contributed by atoms with Gasteiger partial charge in [0, 0.05) is 5.75 Å². The van der Waals surface area contributed by atoms with E-state index in [-0.39, 0.29) is 0 Å². The molecule has 1 N–H and O–H groups in total. The van der Waals surface area contributed by atoms with E-state index in [2.05, 4.69) is 4.98 Å². The molecule has 0 amide bonds. The summed E-state index contributed by atoms with van der Waals surface area (Å²) in [4.78, 5) is 14.9. The van der Waals surface area contributed by atoms with Crippen molar-refractivity contribution in [1.82, 2.24) is 4.98 Å². The van der Waals surface area contributed by atoms with Gasteiger partial charge in [0.25, 0.3) is 5.22 Å². The van der Waals surface area contributed by atoms with Crippen LogP contribution in [0.2, 0.25) is 0 Å². The van der Waals surface area contributed by atoms with Gasteiger partial charge in [-0.15, -0.1) is 0 Å². The van der Waals surface area contributed by atoms with Crippen LogP contribution in [0, 0.1) is 0 Å². The second-order valence-electron chi connectivity index (χ2n) is 3.89. The molecular formula is C13H13NO3S. The van der Waals surface area contributed by atoms with E-state index < -0.39 is 11.9 Å². The molecule has 0 fully saturated rings. The van der Waals surface area contributed by atoms with Crippen molar-refractivity contribution < 1.29 is 14.3 Å². The number of nitrogens with zero attached hydrogens (tertiary/aromatic N) is 1. The van der Waals surface area contributed by atoms with Crippen molar-refractivity contribution in [3.8, 4) is 0 Å². The number of rotatable bonds is 5. The van der Waals surface area contributed by atoms with Gasteiger partial charge in [0.15, 0.2) is 0 Å². The Hall–Kier alpha value is -1.75. The molecule has 2 rings (SSSR count). The molecule has 2 aromatic rings. The number of benzene rings is 1. The number of hydrogen-bond donors (Lipinski definition) is 1. The molecule has 1 aromatic heterocycles. The number of carbonyl (C=O) groups is 1. The van der Waals surface area contributed by atoms with Crippen molar-refractivity contribution in [3.63, 3.8) is 0 Å². The summed E-state index contributed by atoms with van der Waals surface area (Å²) in [6, 6.07) is 7.57. The summed E-state index contributed by atoms with van der Waals surface area (Å²) in [6.07, 6.45) is 3.15. The average molecular weight is 263 g/mol. The van der Waals surface area contributed by atoms with Crippen LogP contribution in [-0.2, 0) is 10.5 Å². The lowest BCUT2D eigenvalue weighted by molar-refractivity contribution is -0.138. The van der Waals surface area contributed by atoms with Crippen LogP contribution in [0.3, 0.4) is 0 Å². The minimum atomic E-state index is -0.808. The molecule has 0 aliphatic rings. The van der Waals surface area contributed by atoms with Crippen molar-refractivity contribution in [1.29, 1.82) is 0 Å². The largest absolute Gasteiger partial charge is 0.481 e.